The van der Waals surface area contributed by atoms with Crippen molar-refractivity contribution in [3.63, 3.8) is 0 Å². The normalized spacial score (nSPS) is 18.1. The van der Waals surface area contributed by atoms with Crippen molar-refractivity contribution in [2.24, 2.45) is 5.92 Å². The third-order valence-corrected chi connectivity index (χ3v) is 4.48. The molecule has 2 N–H and O–H groups in total. The second-order valence-corrected chi connectivity index (χ2v) is 5.56. The zero-order chi connectivity index (χ0) is 11.7. The molecule has 0 spiro atoms. The summed E-state index contributed by atoms with van der Waals surface area (Å²) in [4.78, 5) is -0.332. The second-order valence-electron chi connectivity index (χ2n) is 4.12. The first-order chi connectivity index (χ1) is 7.58. The van der Waals surface area contributed by atoms with Crippen molar-refractivity contribution in [1.82, 2.24) is 0 Å². The fourth-order valence-corrected chi connectivity index (χ4v) is 3.23. The summed E-state index contributed by atoms with van der Waals surface area (Å²) in [6.45, 7) is 0. The van der Waals surface area contributed by atoms with Crippen molar-refractivity contribution < 1.29 is 13.0 Å². The molecular weight excluding hydrogens is 232 g/mol. The topological polar surface area (TPSA) is 43.1 Å². The Morgan fingerprint density at radius 3 is 2.31 bits per heavy atom. The molecule has 1 saturated carbocycles. The summed E-state index contributed by atoms with van der Waals surface area (Å²) in [5, 5.41) is 0. The van der Waals surface area contributed by atoms with Gasteiger partial charge in [0, 0.05) is 11.4 Å². The molecule has 0 radical (unpaired) electrons. The Kier molecular flexibility index (Phi) is 3.23. The van der Waals surface area contributed by atoms with Crippen LogP contribution >= 0.6 is 0 Å². The van der Waals surface area contributed by atoms with E-state index < -0.39 is 22.4 Å². The van der Waals surface area contributed by atoms with Crippen molar-refractivity contribution in [1.29, 1.82) is 0 Å². The lowest BCUT2D eigenvalue weighted by Gasteiger charge is -2.24. The molecule has 1 aromatic rings. The predicted octanol–water partition coefficient (Wildman–Crippen LogP) is 2.45. The fourth-order valence-electron chi connectivity index (χ4n) is 1.75. The van der Waals surface area contributed by atoms with Gasteiger partial charge in [0.15, 0.2) is 0 Å². The largest absolute Gasteiger partial charge is 0.399 e. The summed E-state index contributed by atoms with van der Waals surface area (Å²) in [6, 6.07) is 2.02. The second kappa shape index (κ2) is 4.49. The third kappa shape index (κ3) is 2.24. The number of hydrogen-bond acceptors (Lipinski definition) is 2. The lowest BCUT2D eigenvalue weighted by Crippen LogP contribution is -2.19. The van der Waals surface area contributed by atoms with Gasteiger partial charge in [-0.1, -0.05) is 6.42 Å². The Morgan fingerprint density at radius 1 is 1.31 bits per heavy atom. The van der Waals surface area contributed by atoms with E-state index >= 15 is 0 Å². The molecule has 2 rings (SSSR count). The van der Waals surface area contributed by atoms with Gasteiger partial charge in [0.1, 0.15) is 16.5 Å². The van der Waals surface area contributed by atoms with Crippen LogP contribution in [-0.2, 0) is 10.8 Å². The Labute approximate surface area is 95.3 Å². The zero-order valence-corrected chi connectivity index (χ0v) is 9.53. The molecule has 5 heteroatoms. The number of rotatable bonds is 3. The maximum Gasteiger partial charge on any atom is 0.144 e. The van der Waals surface area contributed by atoms with Crippen LogP contribution in [0.5, 0.6) is 0 Å². The Hall–Kier alpha value is -0.970. The minimum absolute atomic E-state index is 0.0133. The molecule has 1 aliphatic rings. The van der Waals surface area contributed by atoms with E-state index in [0.29, 0.717) is 11.7 Å². The number of nitrogen functional groups attached to an aromatic ring is 1. The standard InChI is InChI=1S/C11H13F2NOS/c12-9-4-8(14)5-10(13)11(9)16(15)6-7-2-1-3-7/h4-5,7H,1-3,6,14H2. The van der Waals surface area contributed by atoms with Gasteiger partial charge >= 0.3 is 0 Å². The Bertz CT molecular complexity index is 409. The smallest absolute Gasteiger partial charge is 0.144 e. The van der Waals surface area contributed by atoms with Crippen molar-refractivity contribution in [2.45, 2.75) is 24.2 Å². The molecule has 2 nitrogen and oxygen atoms in total. The summed E-state index contributed by atoms with van der Waals surface area (Å²) >= 11 is 0. The van der Waals surface area contributed by atoms with Crippen LogP contribution in [0.25, 0.3) is 0 Å². The molecule has 0 aromatic heterocycles. The lowest BCUT2D eigenvalue weighted by molar-refractivity contribution is 0.350. The van der Waals surface area contributed by atoms with Crippen molar-refractivity contribution in [3.8, 4) is 0 Å². The van der Waals surface area contributed by atoms with Crippen LogP contribution in [0.3, 0.4) is 0 Å². The first-order valence-corrected chi connectivity index (χ1v) is 6.52. The van der Waals surface area contributed by atoms with E-state index in [0.717, 1.165) is 31.4 Å². The molecule has 88 valence electrons. The average molecular weight is 245 g/mol. The van der Waals surface area contributed by atoms with Gasteiger partial charge in [-0.3, -0.25) is 4.21 Å². The van der Waals surface area contributed by atoms with Crippen LogP contribution in [0.2, 0.25) is 0 Å². The molecule has 1 aromatic carbocycles. The van der Waals surface area contributed by atoms with Crippen LogP contribution < -0.4 is 5.73 Å². The van der Waals surface area contributed by atoms with Crippen LogP contribution in [0, 0.1) is 17.6 Å². The SMILES string of the molecule is Nc1cc(F)c(S(=O)CC2CCC2)c(F)c1. The van der Waals surface area contributed by atoms with E-state index in [-0.39, 0.29) is 10.6 Å². The molecule has 0 heterocycles. The monoisotopic (exact) mass is 245 g/mol. The summed E-state index contributed by atoms with van der Waals surface area (Å²) in [6.07, 6.45) is 3.13. The van der Waals surface area contributed by atoms with Gasteiger partial charge in [0.25, 0.3) is 0 Å². The van der Waals surface area contributed by atoms with Gasteiger partial charge in [0.05, 0.1) is 10.8 Å². The number of anilines is 1. The van der Waals surface area contributed by atoms with Crippen LogP contribution in [0.15, 0.2) is 17.0 Å². The summed E-state index contributed by atoms with van der Waals surface area (Å²) in [7, 11) is -1.60. The van der Waals surface area contributed by atoms with Gasteiger partial charge in [-0.15, -0.1) is 0 Å². The molecule has 0 saturated heterocycles. The highest BCUT2D eigenvalue weighted by atomic mass is 32.2. The minimum Gasteiger partial charge on any atom is -0.399 e. The number of hydrogen-bond donors (Lipinski definition) is 1. The third-order valence-electron chi connectivity index (χ3n) is 2.86. The molecule has 1 fully saturated rings. The van der Waals surface area contributed by atoms with E-state index in [2.05, 4.69) is 0 Å². The number of benzene rings is 1. The Morgan fingerprint density at radius 2 is 1.88 bits per heavy atom. The predicted molar refractivity (Wildman–Crippen MR) is 59.4 cm³/mol. The molecule has 1 atom stereocenters. The molecule has 0 amide bonds. The number of nitrogens with two attached hydrogens (primary N) is 1. The van der Waals surface area contributed by atoms with Crippen molar-refractivity contribution in [2.75, 3.05) is 11.5 Å². The molecule has 1 aliphatic carbocycles. The van der Waals surface area contributed by atoms with Gasteiger partial charge in [-0.2, -0.15) is 0 Å². The summed E-state index contributed by atoms with van der Waals surface area (Å²) < 4.78 is 38.6. The molecule has 0 aliphatic heterocycles. The van der Waals surface area contributed by atoms with Gasteiger partial charge in [-0.05, 0) is 30.9 Å². The fraction of sp³-hybridized carbons (Fsp3) is 0.455. The molecular formula is C11H13F2NOS. The van der Waals surface area contributed by atoms with Crippen molar-refractivity contribution >= 4 is 16.5 Å². The van der Waals surface area contributed by atoms with E-state index in [1.165, 1.54) is 0 Å². The maximum absolute atomic E-state index is 13.4. The highest BCUT2D eigenvalue weighted by Crippen LogP contribution is 2.30. The highest BCUT2D eigenvalue weighted by Gasteiger charge is 2.24. The van der Waals surface area contributed by atoms with E-state index in [1.807, 2.05) is 0 Å². The lowest BCUT2D eigenvalue weighted by atomic mass is 9.87. The molecule has 1 unspecified atom stereocenters. The van der Waals surface area contributed by atoms with Crippen LogP contribution in [-0.4, -0.2) is 9.96 Å². The van der Waals surface area contributed by atoms with E-state index in [9.17, 15) is 13.0 Å². The first-order valence-electron chi connectivity index (χ1n) is 5.21. The van der Waals surface area contributed by atoms with Gasteiger partial charge in [0.2, 0.25) is 0 Å². The van der Waals surface area contributed by atoms with Gasteiger partial charge in [-0.25, -0.2) is 8.78 Å². The molecule has 0 bridgehead atoms. The van der Waals surface area contributed by atoms with Crippen LogP contribution in [0.4, 0.5) is 14.5 Å². The van der Waals surface area contributed by atoms with Crippen LogP contribution in [0.1, 0.15) is 19.3 Å². The first kappa shape index (κ1) is 11.5. The minimum atomic E-state index is -1.60. The number of halogens is 2. The van der Waals surface area contributed by atoms with E-state index in [1.54, 1.807) is 0 Å². The molecule has 16 heavy (non-hydrogen) atoms. The summed E-state index contributed by atoms with van der Waals surface area (Å²) in [5.74, 6) is -0.930. The van der Waals surface area contributed by atoms with E-state index in [4.69, 9.17) is 5.73 Å². The quantitative estimate of drug-likeness (QED) is 0.831. The highest BCUT2D eigenvalue weighted by molar-refractivity contribution is 7.85. The summed E-state index contributed by atoms with van der Waals surface area (Å²) in [5.41, 5.74) is 5.30. The zero-order valence-electron chi connectivity index (χ0n) is 8.71. The van der Waals surface area contributed by atoms with Gasteiger partial charge < -0.3 is 5.73 Å². The van der Waals surface area contributed by atoms with Crippen molar-refractivity contribution in [3.05, 3.63) is 23.8 Å². The average Bonchev–Trinajstić information content (AvgIpc) is 2.09. The Balaban J connectivity index is 2.21. The maximum atomic E-state index is 13.4.